The molecule has 0 aliphatic heterocycles. The normalized spacial score (nSPS) is 19.3. The first-order valence-electron chi connectivity index (χ1n) is 10.9. The van der Waals surface area contributed by atoms with Gasteiger partial charge in [-0.3, -0.25) is 14.4 Å². The number of ketones is 3. The van der Waals surface area contributed by atoms with E-state index in [1.165, 1.54) is 0 Å². The lowest BCUT2D eigenvalue weighted by Crippen LogP contribution is -2.48. The number of carbonyl (C=O) groups excluding carboxylic acids is 3. The summed E-state index contributed by atoms with van der Waals surface area (Å²) in [7, 11) is 0. The van der Waals surface area contributed by atoms with Gasteiger partial charge in [0.2, 0.25) is 0 Å². The molecule has 0 unspecified atom stereocenters. The number of aliphatic hydroxyl groups excluding tert-OH is 1. The molecule has 0 radical (unpaired) electrons. The van der Waals surface area contributed by atoms with Gasteiger partial charge in [0, 0.05) is 5.92 Å². The molecule has 0 fully saturated rings. The standard InChI is InChI=1S/C26H38O4/c1-9-19(8)22(27)21-23(28)20(11-10-16(2)3)24(29)26(25(21)30,14-12-17(4)5)15-13-18(6)7/h10,12-13,19-20,30H,9,11,14-15H2,1-8H3/t19-,20-/m1/s1. The molecule has 0 aromatic heterocycles. The lowest BCUT2D eigenvalue weighted by Gasteiger charge is -2.38. The molecule has 1 aliphatic carbocycles. The lowest BCUT2D eigenvalue weighted by molar-refractivity contribution is -0.140. The highest BCUT2D eigenvalue weighted by Crippen LogP contribution is 2.46. The minimum atomic E-state index is -1.29. The number of allylic oxidation sites excluding steroid dienone is 8. The number of carbonyl (C=O) groups is 3. The first-order valence-corrected chi connectivity index (χ1v) is 10.9. The van der Waals surface area contributed by atoms with E-state index in [4.69, 9.17) is 0 Å². The summed E-state index contributed by atoms with van der Waals surface area (Å²) >= 11 is 0. The zero-order valence-electron chi connectivity index (χ0n) is 19.9. The van der Waals surface area contributed by atoms with Gasteiger partial charge in [-0.25, -0.2) is 0 Å². The van der Waals surface area contributed by atoms with E-state index in [-0.39, 0.29) is 42.2 Å². The highest BCUT2D eigenvalue weighted by atomic mass is 16.3. The maximum absolute atomic E-state index is 13.7. The first kappa shape index (κ1) is 25.8. The van der Waals surface area contributed by atoms with Crippen LogP contribution in [0.2, 0.25) is 0 Å². The number of hydrogen-bond acceptors (Lipinski definition) is 4. The molecule has 1 N–H and O–H groups in total. The van der Waals surface area contributed by atoms with Crippen LogP contribution in [0.15, 0.2) is 46.3 Å². The van der Waals surface area contributed by atoms with Crippen LogP contribution >= 0.6 is 0 Å². The van der Waals surface area contributed by atoms with Crippen molar-refractivity contribution in [1.82, 2.24) is 0 Å². The Kier molecular flexibility index (Phi) is 9.20. The third kappa shape index (κ3) is 5.68. The molecule has 30 heavy (non-hydrogen) atoms. The summed E-state index contributed by atoms with van der Waals surface area (Å²) in [5.74, 6) is -2.88. The summed E-state index contributed by atoms with van der Waals surface area (Å²) < 4.78 is 0. The zero-order valence-corrected chi connectivity index (χ0v) is 19.9. The molecule has 0 aromatic rings. The van der Waals surface area contributed by atoms with E-state index in [1.807, 2.05) is 66.7 Å². The van der Waals surface area contributed by atoms with E-state index in [9.17, 15) is 19.5 Å². The van der Waals surface area contributed by atoms with Crippen LogP contribution in [0.5, 0.6) is 0 Å². The molecule has 4 heteroatoms. The fourth-order valence-electron chi connectivity index (χ4n) is 3.57. The molecular weight excluding hydrogens is 376 g/mol. The Bertz CT molecular complexity index is 788. The van der Waals surface area contributed by atoms with Gasteiger partial charge < -0.3 is 5.11 Å². The molecule has 0 saturated carbocycles. The Morgan fingerprint density at radius 1 is 0.967 bits per heavy atom. The molecular formula is C26H38O4. The summed E-state index contributed by atoms with van der Waals surface area (Å²) in [6.07, 6.45) is 7.01. The van der Waals surface area contributed by atoms with Crippen LogP contribution in [0.4, 0.5) is 0 Å². The van der Waals surface area contributed by atoms with Crippen molar-refractivity contribution in [3.8, 4) is 0 Å². The summed E-state index contributed by atoms with van der Waals surface area (Å²) in [4.78, 5) is 40.1. The summed E-state index contributed by atoms with van der Waals surface area (Å²) in [5.41, 5.74) is 1.57. The minimum Gasteiger partial charge on any atom is -0.510 e. The Balaban J connectivity index is 3.82. The van der Waals surface area contributed by atoms with Crippen LogP contribution in [0.1, 0.15) is 81.1 Å². The third-order valence-corrected chi connectivity index (χ3v) is 5.83. The molecule has 0 heterocycles. The molecule has 0 amide bonds. The van der Waals surface area contributed by atoms with Crippen molar-refractivity contribution in [2.45, 2.75) is 81.1 Å². The molecule has 0 saturated heterocycles. The molecule has 0 spiro atoms. The summed E-state index contributed by atoms with van der Waals surface area (Å²) in [6.45, 7) is 15.2. The molecule has 1 rings (SSSR count). The average Bonchev–Trinajstić information content (AvgIpc) is 2.66. The van der Waals surface area contributed by atoms with Gasteiger partial charge in [-0.1, -0.05) is 48.8 Å². The molecule has 0 bridgehead atoms. The fourth-order valence-corrected chi connectivity index (χ4v) is 3.57. The zero-order chi connectivity index (χ0) is 23.2. The molecule has 4 nitrogen and oxygen atoms in total. The van der Waals surface area contributed by atoms with E-state index in [2.05, 4.69) is 0 Å². The Labute approximate surface area is 181 Å². The van der Waals surface area contributed by atoms with E-state index in [0.29, 0.717) is 6.42 Å². The third-order valence-electron chi connectivity index (χ3n) is 5.83. The highest BCUT2D eigenvalue weighted by Gasteiger charge is 2.53. The number of Topliss-reactive ketones (excluding diaryl/α,β-unsaturated/α-hetero) is 3. The highest BCUT2D eigenvalue weighted by molar-refractivity contribution is 6.29. The van der Waals surface area contributed by atoms with Crippen molar-refractivity contribution in [2.75, 3.05) is 0 Å². The average molecular weight is 415 g/mol. The molecule has 0 aromatic carbocycles. The van der Waals surface area contributed by atoms with Crippen LogP contribution in [0.3, 0.4) is 0 Å². The quantitative estimate of drug-likeness (QED) is 0.275. The second kappa shape index (κ2) is 10.7. The Morgan fingerprint density at radius 2 is 1.43 bits per heavy atom. The van der Waals surface area contributed by atoms with E-state index >= 15 is 0 Å². The summed E-state index contributed by atoms with van der Waals surface area (Å²) in [6, 6.07) is 0. The smallest absolute Gasteiger partial charge is 0.180 e. The molecule has 166 valence electrons. The second-order valence-corrected chi connectivity index (χ2v) is 9.25. The monoisotopic (exact) mass is 414 g/mol. The van der Waals surface area contributed by atoms with E-state index in [1.54, 1.807) is 6.92 Å². The maximum atomic E-state index is 13.7. The Hall–Kier alpha value is -2.23. The van der Waals surface area contributed by atoms with Gasteiger partial charge in [-0.15, -0.1) is 0 Å². The van der Waals surface area contributed by atoms with E-state index in [0.717, 1.165) is 16.7 Å². The summed E-state index contributed by atoms with van der Waals surface area (Å²) in [5, 5.41) is 11.3. The predicted octanol–water partition coefficient (Wildman–Crippen LogP) is 6.24. The largest absolute Gasteiger partial charge is 0.510 e. The van der Waals surface area contributed by atoms with Crippen LogP contribution in [0, 0.1) is 17.3 Å². The van der Waals surface area contributed by atoms with Gasteiger partial charge >= 0.3 is 0 Å². The van der Waals surface area contributed by atoms with E-state index < -0.39 is 23.0 Å². The van der Waals surface area contributed by atoms with Gasteiger partial charge in [-0.05, 0) is 67.2 Å². The lowest BCUT2D eigenvalue weighted by atomic mass is 9.62. The predicted molar refractivity (Wildman–Crippen MR) is 122 cm³/mol. The van der Waals surface area contributed by atoms with Gasteiger partial charge in [0.15, 0.2) is 17.3 Å². The minimum absolute atomic E-state index is 0.166. The van der Waals surface area contributed by atoms with Gasteiger partial charge in [0.1, 0.15) is 11.3 Å². The first-order chi connectivity index (χ1) is 13.9. The number of rotatable bonds is 9. The van der Waals surface area contributed by atoms with Crippen molar-refractivity contribution in [3.63, 3.8) is 0 Å². The molecule has 1 aliphatic rings. The van der Waals surface area contributed by atoms with Crippen LogP contribution < -0.4 is 0 Å². The van der Waals surface area contributed by atoms with Gasteiger partial charge in [-0.2, -0.15) is 0 Å². The molecule has 2 atom stereocenters. The van der Waals surface area contributed by atoms with Crippen molar-refractivity contribution in [1.29, 1.82) is 0 Å². The maximum Gasteiger partial charge on any atom is 0.180 e. The van der Waals surface area contributed by atoms with Gasteiger partial charge in [0.25, 0.3) is 0 Å². The van der Waals surface area contributed by atoms with Crippen LogP contribution in [-0.4, -0.2) is 22.5 Å². The number of hydrogen-bond donors (Lipinski definition) is 1. The van der Waals surface area contributed by atoms with Crippen LogP contribution in [-0.2, 0) is 14.4 Å². The van der Waals surface area contributed by atoms with Crippen molar-refractivity contribution in [3.05, 3.63) is 46.3 Å². The Morgan fingerprint density at radius 3 is 1.83 bits per heavy atom. The fraction of sp³-hybridized carbons (Fsp3) is 0.577. The van der Waals surface area contributed by atoms with Crippen molar-refractivity contribution < 1.29 is 19.5 Å². The number of aliphatic hydroxyl groups is 1. The van der Waals surface area contributed by atoms with Gasteiger partial charge in [0.05, 0.1) is 11.3 Å². The van der Waals surface area contributed by atoms with Crippen molar-refractivity contribution >= 4 is 17.3 Å². The SMILES string of the molecule is CC[C@@H](C)C(=O)C1=C(O)C(CC=C(C)C)(CC=C(C)C)C(=O)[C@H](CC=C(C)C)C1=O. The second-order valence-electron chi connectivity index (χ2n) is 9.25. The van der Waals surface area contributed by atoms with Crippen molar-refractivity contribution in [2.24, 2.45) is 17.3 Å². The van der Waals surface area contributed by atoms with Crippen LogP contribution in [0.25, 0.3) is 0 Å². The topological polar surface area (TPSA) is 71.4 Å².